The summed E-state index contributed by atoms with van der Waals surface area (Å²) in [7, 11) is 0. The highest BCUT2D eigenvalue weighted by molar-refractivity contribution is 5.75. The van der Waals surface area contributed by atoms with Crippen LogP contribution >= 0.6 is 0 Å². The highest BCUT2D eigenvalue weighted by Gasteiger charge is 2.00. The Kier molecular flexibility index (Phi) is 4.25. The maximum atomic E-state index is 10.2. The van der Waals surface area contributed by atoms with Gasteiger partial charge < -0.3 is 11.1 Å². The zero-order chi connectivity index (χ0) is 7.98. The number of carbonyl (C=O) groups excluding carboxylic acids is 1. The molecule has 0 aromatic carbocycles. The maximum absolute atomic E-state index is 10.2. The Morgan fingerprint density at radius 3 is 2.90 bits per heavy atom. The maximum Gasteiger partial charge on any atom is 0.231 e. The minimum atomic E-state index is -0.398. The molecule has 0 heterocycles. The van der Waals surface area contributed by atoms with Crippen molar-refractivity contribution < 1.29 is 4.79 Å². The molecule has 4 nitrogen and oxygen atoms in total. The molecule has 1 unspecified atom stereocenters. The molecule has 0 aliphatic carbocycles. The molecule has 0 fully saturated rings. The molecule has 0 aliphatic rings. The van der Waals surface area contributed by atoms with Crippen molar-refractivity contribution in [1.29, 1.82) is 5.26 Å². The topological polar surface area (TPSA) is 78.9 Å². The normalized spacial score (nSPS) is 12.0. The van der Waals surface area contributed by atoms with Crippen LogP contribution in [0.4, 0.5) is 0 Å². The summed E-state index contributed by atoms with van der Waals surface area (Å²) in [6.07, 6.45) is 0.396. The van der Waals surface area contributed by atoms with Gasteiger partial charge in [0, 0.05) is 6.04 Å². The first-order valence-corrected chi connectivity index (χ1v) is 3.05. The van der Waals surface area contributed by atoms with Crippen molar-refractivity contribution in [3.8, 4) is 6.07 Å². The Hall–Kier alpha value is -1.08. The van der Waals surface area contributed by atoms with E-state index in [1.54, 1.807) is 0 Å². The minimum absolute atomic E-state index is 0.0394. The number of primary amides is 1. The minimum Gasteiger partial charge on any atom is -0.369 e. The number of nitrogens with two attached hydrogens (primary N) is 1. The second kappa shape index (κ2) is 4.77. The van der Waals surface area contributed by atoms with E-state index in [1.165, 1.54) is 0 Å². The number of amides is 1. The van der Waals surface area contributed by atoms with Crippen molar-refractivity contribution in [2.45, 2.75) is 19.4 Å². The highest BCUT2D eigenvalue weighted by Crippen LogP contribution is 1.85. The van der Waals surface area contributed by atoms with Gasteiger partial charge in [0.1, 0.15) is 0 Å². The van der Waals surface area contributed by atoms with E-state index in [9.17, 15) is 4.79 Å². The lowest BCUT2D eigenvalue weighted by Gasteiger charge is -2.06. The first kappa shape index (κ1) is 8.92. The Balaban J connectivity index is 3.32. The second-order valence-electron chi connectivity index (χ2n) is 2.11. The third kappa shape index (κ3) is 5.06. The number of nitrogens with one attached hydrogen (secondary N) is 1. The molecule has 0 rings (SSSR count). The quantitative estimate of drug-likeness (QED) is 0.546. The van der Waals surface area contributed by atoms with Gasteiger partial charge in [-0.25, -0.2) is 0 Å². The van der Waals surface area contributed by atoms with Gasteiger partial charge >= 0.3 is 0 Å². The molecule has 10 heavy (non-hydrogen) atoms. The van der Waals surface area contributed by atoms with Gasteiger partial charge in [0.25, 0.3) is 0 Å². The summed E-state index contributed by atoms with van der Waals surface area (Å²) in [5.41, 5.74) is 4.85. The molecule has 0 radical (unpaired) electrons. The molecule has 0 aromatic rings. The van der Waals surface area contributed by atoms with Gasteiger partial charge in [0.2, 0.25) is 5.91 Å². The van der Waals surface area contributed by atoms with Crippen LogP contribution in [0.25, 0.3) is 0 Å². The van der Waals surface area contributed by atoms with Crippen LogP contribution in [0, 0.1) is 11.3 Å². The van der Waals surface area contributed by atoms with Crippen LogP contribution < -0.4 is 11.1 Å². The average Bonchev–Trinajstić information content (AvgIpc) is 1.85. The Labute approximate surface area is 60.0 Å². The van der Waals surface area contributed by atoms with Gasteiger partial charge in [-0.05, 0) is 6.92 Å². The summed E-state index contributed by atoms with van der Waals surface area (Å²) in [4.78, 5) is 10.2. The van der Waals surface area contributed by atoms with Gasteiger partial charge in [-0.3, -0.25) is 4.79 Å². The number of nitrogens with zero attached hydrogens (tertiary/aromatic N) is 1. The lowest BCUT2D eigenvalue weighted by molar-refractivity contribution is -0.117. The number of hydrogen-bond acceptors (Lipinski definition) is 3. The van der Waals surface area contributed by atoms with E-state index in [0.29, 0.717) is 6.42 Å². The molecule has 4 heteroatoms. The van der Waals surface area contributed by atoms with Crippen LogP contribution in [0.5, 0.6) is 0 Å². The summed E-state index contributed by atoms with van der Waals surface area (Å²) in [5, 5.41) is 11.0. The van der Waals surface area contributed by atoms with E-state index >= 15 is 0 Å². The van der Waals surface area contributed by atoms with Gasteiger partial charge in [0.15, 0.2) is 0 Å². The van der Waals surface area contributed by atoms with Gasteiger partial charge in [-0.15, -0.1) is 0 Å². The van der Waals surface area contributed by atoms with E-state index in [1.807, 2.05) is 13.0 Å². The first-order valence-electron chi connectivity index (χ1n) is 3.05. The summed E-state index contributed by atoms with van der Waals surface area (Å²) in [6, 6.07) is 2.02. The Bertz CT molecular complexity index is 150. The second-order valence-corrected chi connectivity index (χ2v) is 2.11. The molecule has 1 atom stereocenters. The van der Waals surface area contributed by atoms with Gasteiger partial charge in [0.05, 0.1) is 19.0 Å². The van der Waals surface area contributed by atoms with Gasteiger partial charge in [-0.1, -0.05) is 0 Å². The van der Waals surface area contributed by atoms with E-state index in [0.717, 1.165) is 0 Å². The molecule has 0 aromatic heterocycles. The lowest BCUT2D eigenvalue weighted by atomic mass is 10.2. The zero-order valence-electron chi connectivity index (χ0n) is 5.92. The molecule has 0 bridgehead atoms. The predicted molar refractivity (Wildman–Crippen MR) is 36.9 cm³/mol. The molecule has 0 saturated carbocycles. The number of hydrogen-bond donors (Lipinski definition) is 2. The van der Waals surface area contributed by atoms with Crippen LogP contribution in [0.1, 0.15) is 13.3 Å². The summed E-state index contributed by atoms with van der Waals surface area (Å²) in [6.45, 7) is 1.97. The van der Waals surface area contributed by atoms with Crippen molar-refractivity contribution in [3.05, 3.63) is 0 Å². The number of rotatable bonds is 4. The highest BCUT2D eigenvalue weighted by atomic mass is 16.1. The molecular formula is C6H11N3O. The standard InChI is InChI=1S/C6H11N3O/c1-5(2-3-7)9-4-6(8)10/h5,9H,2,4H2,1H3,(H2,8,10). The Morgan fingerprint density at radius 2 is 2.50 bits per heavy atom. The molecule has 56 valence electrons. The smallest absolute Gasteiger partial charge is 0.231 e. The Morgan fingerprint density at radius 1 is 1.90 bits per heavy atom. The number of carbonyl (C=O) groups is 1. The third-order valence-electron chi connectivity index (χ3n) is 1.02. The fourth-order valence-electron chi connectivity index (χ4n) is 0.484. The molecule has 1 amide bonds. The summed E-state index contributed by atoms with van der Waals surface area (Å²) >= 11 is 0. The molecule has 3 N–H and O–H groups in total. The lowest BCUT2D eigenvalue weighted by Crippen LogP contribution is -2.34. The summed E-state index contributed by atoms with van der Waals surface area (Å²) < 4.78 is 0. The van der Waals surface area contributed by atoms with Crippen LogP contribution in [-0.4, -0.2) is 18.5 Å². The van der Waals surface area contributed by atoms with Crippen molar-refractivity contribution in [2.24, 2.45) is 5.73 Å². The van der Waals surface area contributed by atoms with Gasteiger partial charge in [-0.2, -0.15) is 5.26 Å². The monoisotopic (exact) mass is 141 g/mol. The molecule has 0 saturated heterocycles. The van der Waals surface area contributed by atoms with Crippen LogP contribution in [0.3, 0.4) is 0 Å². The fraction of sp³-hybridized carbons (Fsp3) is 0.667. The molecule has 0 aliphatic heterocycles. The SMILES string of the molecule is CC(CC#N)NCC(N)=O. The zero-order valence-corrected chi connectivity index (χ0v) is 5.92. The van der Waals surface area contributed by atoms with Crippen molar-refractivity contribution in [3.63, 3.8) is 0 Å². The van der Waals surface area contributed by atoms with Crippen LogP contribution in [0.2, 0.25) is 0 Å². The van der Waals surface area contributed by atoms with E-state index in [2.05, 4.69) is 5.32 Å². The van der Waals surface area contributed by atoms with E-state index in [4.69, 9.17) is 11.0 Å². The average molecular weight is 141 g/mol. The third-order valence-corrected chi connectivity index (χ3v) is 1.02. The van der Waals surface area contributed by atoms with E-state index < -0.39 is 5.91 Å². The predicted octanol–water partition coefficient (Wildman–Crippen LogP) is -0.637. The van der Waals surface area contributed by atoms with Crippen molar-refractivity contribution in [1.82, 2.24) is 5.32 Å². The largest absolute Gasteiger partial charge is 0.369 e. The first-order chi connectivity index (χ1) is 4.66. The van der Waals surface area contributed by atoms with Crippen molar-refractivity contribution in [2.75, 3.05) is 6.54 Å². The summed E-state index contributed by atoms with van der Waals surface area (Å²) in [5.74, 6) is -0.398. The van der Waals surface area contributed by atoms with Crippen LogP contribution in [0.15, 0.2) is 0 Å². The van der Waals surface area contributed by atoms with Crippen molar-refractivity contribution >= 4 is 5.91 Å². The van der Waals surface area contributed by atoms with Crippen LogP contribution in [-0.2, 0) is 4.79 Å². The fourth-order valence-corrected chi connectivity index (χ4v) is 0.484. The number of nitriles is 1. The van der Waals surface area contributed by atoms with E-state index in [-0.39, 0.29) is 12.6 Å². The molecule has 0 spiro atoms. The molecular weight excluding hydrogens is 130 g/mol.